The summed E-state index contributed by atoms with van der Waals surface area (Å²) in [7, 11) is -3.53. The number of sulfonamides is 1. The van der Waals surface area contributed by atoms with Crippen molar-refractivity contribution in [3.63, 3.8) is 0 Å². The molecule has 2 heterocycles. The first kappa shape index (κ1) is 20.0. The Kier molecular flexibility index (Phi) is 5.96. The van der Waals surface area contributed by atoms with Gasteiger partial charge in [-0.3, -0.25) is 9.88 Å². The fraction of sp³-hybridized carbons (Fsp3) is 0.227. The maximum Gasteiger partial charge on any atom is 0.243 e. The van der Waals surface area contributed by atoms with Crippen LogP contribution in [0, 0.1) is 0 Å². The normalized spacial score (nSPS) is 16.6. The summed E-state index contributed by atoms with van der Waals surface area (Å²) in [5.74, 6) is 0. The molecule has 1 aliphatic rings. The largest absolute Gasteiger partial charge is 0.297 e. The fourth-order valence-electron chi connectivity index (χ4n) is 3.52. The van der Waals surface area contributed by atoms with Gasteiger partial charge >= 0.3 is 0 Å². The van der Waals surface area contributed by atoms with Gasteiger partial charge in [0, 0.05) is 60.9 Å². The molecule has 0 bridgehead atoms. The van der Waals surface area contributed by atoms with E-state index in [0.29, 0.717) is 31.1 Å². The third-order valence-corrected chi connectivity index (χ3v) is 7.34. The van der Waals surface area contributed by atoms with Gasteiger partial charge in [0.1, 0.15) is 0 Å². The molecule has 0 atom stereocenters. The molecule has 7 heteroatoms. The molecule has 0 aliphatic carbocycles. The number of hydrogen-bond acceptors (Lipinski definition) is 4. The summed E-state index contributed by atoms with van der Waals surface area (Å²) < 4.78 is 28.0. The van der Waals surface area contributed by atoms with Crippen molar-refractivity contribution >= 4 is 38.5 Å². The molecule has 0 unspecified atom stereocenters. The van der Waals surface area contributed by atoms with Crippen molar-refractivity contribution in [2.45, 2.75) is 4.90 Å². The quantitative estimate of drug-likeness (QED) is 0.619. The Morgan fingerprint density at radius 2 is 1.76 bits per heavy atom. The lowest BCUT2D eigenvalue weighted by Gasteiger charge is -2.33. The molecule has 1 fully saturated rings. The van der Waals surface area contributed by atoms with E-state index in [9.17, 15) is 8.42 Å². The molecule has 2 aromatic carbocycles. The van der Waals surface area contributed by atoms with E-state index in [1.807, 2.05) is 30.3 Å². The Morgan fingerprint density at radius 3 is 2.52 bits per heavy atom. The van der Waals surface area contributed by atoms with Gasteiger partial charge in [-0.25, -0.2) is 8.42 Å². The lowest BCUT2D eigenvalue weighted by Crippen LogP contribution is -2.48. The van der Waals surface area contributed by atoms with Crippen LogP contribution in [0.1, 0.15) is 5.56 Å². The Bertz CT molecular complexity index is 1120. The van der Waals surface area contributed by atoms with E-state index < -0.39 is 10.0 Å². The SMILES string of the molecule is O=S(=O)(c1cccc2cnccc12)N1CCN(CC=Cc2ccc(Cl)cc2)CC1. The first-order valence-electron chi connectivity index (χ1n) is 9.51. The standard InChI is InChI=1S/C22H22ClN3O2S/c23-20-8-6-18(7-9-20)3-2-12-25-13-15-26(16-14-25)29(27,28)22-5-1-4-19-17-24-11-10-21(19)22/h1-11,17H,12-16H2. The third-order valence-electron chi connectivity index (χ3n) is 5.13. The molecule has 0 amide bonds. The van der Waals surface area contributed by atoms with E-state index in [1.54, 1.807) is 34.9 Å². The molecule has 4 rings (SSSR count). The number of halogens is 1. The maximum atomic E-state index is 13.2. The number of aromatic nitrogens is 1. The molecule has 0 N–H and O–H groups in total. The van der Waals surface area contributed by atoms with Crippen molar-refractivity contribution in [2.75, 3.05) is 32.7 Å². The molecule has 1 saturated heterocycles. The molecule has 29 heavy (non-hydrogen) atoms. The lowest BCUT2D eigenvalue weighted by molar-refractivity contribution is 0.204. The minimum Gasteiger partial charge on any atom is -0.297 e. The highest BCUT2D eigenvalue weighted by Gasteiger charge is 2.29. The van der Waals surface area contributed by atoms with Gasteiger partial charge in [-0.15, -0.1) is 0 Å². The van der Waals surface area contributed by atoms with E-state index in [0.717, 1.165) is 27.9 Å². The van der Waals surface area contributed by atoms with Gasteiger partial charge in [0.25, 0.3) is 0 Å². The van der Waals surface area contributed by atoms with Gasteiger partial charge in [0.05, 0.1) is 4.90 Å². The van der Waals surface area contributed by atoms with E-state index >= 15 is 0 Å². The number of fused-ring (bicyclic) bond motifs is 1. The zero-order valence-electron chi connectivity index (χ0n) is 15.9. The van der Waals surface area contributed by atoms with Crippen LogP contribution in [-0.4, -0.2) is 55.3 Å². The van der Waals surface area contributed by atoms with Crippen molar-refractivity contribution in [1.29, 1.82) is 0 Å². The van der Waals surface area contributed by atoms with Gasteiger partial charge in [-0.2, -0.15) is 4.31 Å². The predicted molar refractivity (Wildman–Crippen MR) is 117 cm³/mol. The third kappa shape index (κ3) is 4.51. The van der Waals surface area contributed by atoms with E-state index in [4.69, 9.17) is 11.6 Å². The average Bonchev–Trinajstić information content (AvgIpc) is 2.75. The van der Waals surface area contributed by atoms with Crippen LogP contribution in [0.4, 0.5) is 0 Å². The predicted octanol–water partition coefficient (Wildman–Crippen LogP) is 3.91. The van der Waals surface area contributed by atoms with Crippen LogP contribution in [0.2, 0.25) is 5.02 Å². The number of piperazine rings is 1. The van der Waals surface area contributed by atoms with Crippen molar-refractivity contribution in [3.05, 3.63) is 77.6 Å². The monoisotopic (exact) mass is 427 g/mol. The highest BCUT2D eigenvalue weighted by atomic mass is 35.5. The fourth-order valence-corrected chi connectivity index (χ4v) is 5.28. The summed E-state index contributed by atoms with van der Waals surface area (Å²) in [6.45, 7) is 3.17. The van der Waals surface area contributed by atoms with Crippen LogP contribution in [0.25, 0.3) is 16.8 Å². The molecule has 0 radical (unpaired) electrons. The Hall–Kier alpha value is -2.25. The summed E-state index contributed by atoms with van der Waals surface area (Å²) in [5, 5.41) is 2.28. The van der Waals surface area contributed by atoms with Crippen molar-refractivity contribution in [3.8, 4) is 0 Å². The second kappa shape index (κ2) is 8.63. The number of rotatable bonds is 5. The summed E-state index contributed by atoms with van der Waals surface area (Å²) >= 11 is 5.91. The zero-order chi connectivity index (χ0) is 20.3. The van der Waals surface area contributed by atoms with Crippen LogP contribution in [0.3, 0.4) is 0 Å². The topological polar surface area (TPSA) is 53.5 Å². The minimum absolute atomic E-state index is 0.355. The second-order valence-electron chi connectivity index (χ2n) is 7.01. The smallest absolute Gasteiger partial charge is 0.243 e. The van der Waals surface area contributed by atoms with Crippen LogP contribution < -0.4 is 0 Å². The molecule has 3 aromatic rings. The summed E-state index contributed by atoms with van der Waals surface area (Å²) in [6.07, 6.45) is 7.49. The van der Waals surface area contributed by atoms with E-state index in [-0.39, 0.29) is 0 Å². The van der Waals surface area contributed by atoms with Crippen LogP contribution in [0.5, 0.6) is 0 Å². The first-order valence-corrected chi connectivity index (χ1v) is 11.3. The maximum absolute atomic E-state index is 13.2. The van der Waals surface area contributed by atoms with Gasteiger partial charge in [0.15, 0.2) is 0 Å². The zero-order valence-corrected chi connectivity index (χ0v) is 17.5. The first-order chi connectivity index (χ1) is 14.0. The molecule has 1 aliphatic heterocycles. The summed E-state index contributed by atoms with van der Waals surface area (Å²) in [5.41, 5.74) is 1.10. The summed E-state index contributed by atoms with van der Waals surface area (Å²) in [4.78, 5) is 6.70. The van der Waals surface area contributed by atoms with Crippen molar-refractivity contribution in [1.82, 2.24) is 14.2 Å². The molecular weight excluding hydrogens is 406 g/mol. The Balaban J connectivity index is 1.40. The van der Waals surface area contributed by atoms with Crippen LogP contribution >= 0.6 is 11.6 Å². The highest BCUT2D eigenvalue weighted by molar-refractivity contribution is 7.89. The number of hydrogen-bond donors (Lipinski definition) is 0. The number of nitrogens with zero attached hydrogens (tertiary/aromatic N) is 3. The van der Waals surface area contributed by atoms with E-state index in [1.165, 1.54) is 0 Å². The number of pyridine rings is 1. The molecule has 0 spiro atoms. The van der Waals surface area contributed by atoms with Crippen molar-refractivity contribution < 1.29 is 8.42 Å². The molecule has 1 aromatic heterocycles. The second-order valence-corrected chi connectivity index (χ2v) is 9.35. The lowest BCUT2D eigenvalue weighted by atomic mass is 10.2. The van der Waals surface area contributed by atoms with E-state index in [2.05, 4.69) is 22.0 Å². The van der Waals surface area contributed by atoms with Gasteiger partial charge in [-0.1, -0.05) is 48.0 Å². The van der Waals surface area contributed by atoms with Gasteiger partial charge in [0.2, 0.25) is 10.0 Å². The molecule has 5 nitrogen and oxygen atoms in total. The van der Waals surface area contributed by atoms with Crippen molar-refractivity contribution in [2.24, 2.45) is 0 Å². The Labute approximate surface area is 176 Å². The molecule has 150 valence electrons. The molecule has 0 saturated carbocycles. The highest BCUT2D eigenvalue weighted by Crippen LogP contribution is 2.25. The number of benzene rings is 2. The summed E-state index contributed by atoms with van der Waals surface area (Å²) in [6, 6.07) is 14.8. The minimum atomic E-state index is -3.53. The Morgan fingerprint density at radius 1 is 1.00 bits per heavy atom. The van der Waals surface area contributed by atoms with Crippen LogP contribution in [-0.2, 0) is 10.0 Å². The molecular formula is C22H22ClN3O2S. The average molecular weight is 428 g/mol. The van der Waals surface area contributed by atoms with Gasteiger partial charge in [-0.05, 0) is 29.8 Å². The van der Waals surface area contributed by atoms with Gasteiger partial charge < -0.3 is 0 Å². The van der Waals surface area contributed by atoms with Crippen LogP contribution in [0.15, 0.2) is 71.9 Å².